The summed E-state index contributed by atoms with van der Waals surface area (Å²) < 4.78 is 0. The number of amides is 1. The molecule has 0 aliphatic rings. The van der Waals surface area contributed by atoms with Gasteiger partial charge in [-0.2, -0.15) is 4.80 Å². The zero-order chi connectivity index (χ0) is 20.1. The summed E-state index contributed by atoms with van der Waals surface area (Å²) in [6, 6.07) is 20.3. The molecule has 144 valence electrons. The van der Waals surface area contributed by atoms with Gasteiger partial charge in [0.15, 0.2) is 0 Å². The van der Waals surface area contributed by atoms with E-state index in [1.165, 1.54) is 4.80 Å². The smallest absolute Gasteiger partial charge is 0.244 e. The van der Waals surface area contributed by atoms with Crippen molar-refractivity contribution in [2.45, 2.75) is 12.6 Å². The molecule has 0 fully saturated rings. The lowest BCUT2D eigenvalue weighted by atomic mass is 10.00. The number of aromatic nitrogens is 5. The average Bonchev–Trinajstić information content (AvgIpc) is 3.22. The van der Waals surface area contributed by atoms with Gasteiger partial charge in [-0.3, -0.25) is 9.78 Å². The van der Waals surface area contributed by atoms with Gasteiger partial charge in [-0.1, -0.05) is 41.9 Å². The molecule has 0 aliphatic heterocycles. The van der Waals surface area contributed by atoms with E-state index in [1.807, 2.05) is 42.5 Å². The molecule has 0 spiro atoms. The van der Waals surface area contributed by atoms with Crippen LogP contribution in [0.3, 0.4) is 0 Å². The molecule has 0 bridgehead atoms. The second-order valence-corrected chi connectivity index (χ2v) is 6.78. The minimum Gasteiger partial charge on any atom is -0.344 e. The van der Waals surface area contributed by atoms with Gasteiger partial charge in [-0.15, -0.1) is 10.2 Å². The van der Waals surface area contributed by atoms with Crippen molar-refractivity contribution in [2.75, 3.05) is 0 Å². The van der Waals surface area contributed by atoms with Gasteiger partial charge >= 0.3 is 0 Å². The summed E-state index contributed by atoms with van der Waals surface area (Å²) in [7, 11) is 0. The number of tetrazole rings is 1. The molecule has 0 aliphatic carbocycles. The molecule has 2 aromatic heterocycles. The van der Waals surface area contributed by atoms with Crippen molar-refractivity contribution in [1.29, 1.82) is 0 Å². The second-order valence-electron chi connectivity index (χ2n) is 6.34. The molecular weight excluding hydrogens is 388 g/mol. The third kappa shape index (κ3) is 4.64. The van der Waals surface area contributed by atoms with Gasteiger partial charge in [0.25, 0.3) is 0 Å². The lowest BCUT2D eigenvalue weighted by Crippen LogP contribution is -2.32. The fourth-order valence-electron chi connectivity index (χ4n) is 2.92. The molecule has 1 amide bonds. The van der Waals surface area contributed by atoms with Crippen LogP contribution in [0.5, 0.6) is 0 Å². The molecule has 1 atom stereocenters. The third-order valence-corrected chi connectivity index (χ3v) is 4.57. The highest BCUT2D eigenvalue weighted by Gasteiger charge is 2.18. The van der Waals surface area contributed by atoms with Crippen LogP contribution in [0.1, 0.15) is 17.2 Å². The van der Waals surface area contributed by atoms with Crippen molar-refractivity contribution >= 4 is 17.5 Å². The third-order valence-electron chi connectivity index (χ3n) is 4.32. The van der Waals surface area contributed by atoms with Crippen molar-refractivity contribution < 1.29 is 4.79 Å². The van der Waals surface area contributed by atoms with Gasteiger partial charge in [0.1, 0.15) is 6.54 Å². The van der Waals surface area contributed by atoms with Crippen molar-refractivity contribution in [1.82, 2.24) is 30.5 Å². The number of halogens is 1. The Kier molecular flexibility index (Phi) is 5.58. The molecular formula is C21H17ClN6O. The highest BCUT2D eigenvalue weighted by atomic mass is 35.5. The van der Waals surface area contributed by atoms with E-state index in [-0.39, 0.29) is 18.5 Å². The van der Waals surface area contributed by atoms with Crippen LogP contribution in [0, 0.1) is 0 Å². The number of nitrogens with one attached hydrogen (secondary N) is 1. The van der Waals surface area contributed by atoms with E-state index in [2.05, 4.69) is 25.7 Å². The Balaban J connectivity index is 1.49. The van der Waals surface area contributed by atoms with Crippen LogP contribution in [0.2, 0.25) is 5.02 Å². The van der Waals surface area contributed by atoms with E-state index in [0.29, 0.717) is 10.8 Å². The van der Waals surface area contributed by atoms with E-state index >= 15 is 0 Å². The first kappa shape index (κ1) is 18.8. The molecule has 29 heavy (non-hydrogen) atoms. The van der Waals surface area contributed by atoms with Gasteiger partial charge in [0, 0.05) is 23.0 Å². The highest BCUT2D eigenvalue weighted by Crippen LogP contribution is 2.21. The van der Waals surface area contributed by atoms with E-state index < -0.39 is 0 Å². The monoisotopic (exact) mass is 404 g/mol. The number of hydrogen-bond donors (Lipinski definition) is 1. The van der Waals surface area contributed by atoms with Crippen molar-refractivity contribution in [3.63, 3.8) is 0 Å². The van der Waals surface area contributed by atoms with Crippen molar-refractivity contribution in [3.05, 3.63) is 95.3 Å². The maximum Gasteiger partial charge on any atom is 0.244 e. The Bertz CT molecular complexity index is 1040. The summed E-state index contributed by atoms with van der Waals surface area (Å²) in [5, 5.41) is 15.9. The quantitative estimate of drug-likeness (QED) is 0.533. The Hall–Kier alpha value is -3.58. The molecule has 4 aromatic rings. The lowest BCUT2D eigenvalue weighted by molar-refractivity contribution is -0.122. The Morgan fingerprint density at radius 1 is 0.966 bits per heavy atom. The first-order valence-corrected chi connectivity index (χ1v) is 9.35. The standard InChI is InChI=1S/C21H17ClN6O/c22-18-8-6-17(7-9-18)21-25-27-28(26-21)14-19(29)24-20(15-4-2-1-3-5-15)16-10-12-23-13-11-16/h1-13,20H,14H2,(H,24,29). The molecule has 1 N–H and O–H groups in total. The molecule has 1 unspecified atom stereocenters. The van der Waals surface area contributed by atoms with Crippen LogP contribution in [-0.4, -0.2) is 31.1 Å². The largest absolute Gasteiger partial charge is 0.344 e. The van der Waals surface area contributed by atoms with Crippen LogP contribution in [0.25, 0.3) is 11.4 Å². The van der Waals surface area contributed by atoms with Gasteiger partial charge in [-0.25, -0.2) is 0 Å². The zero-order valence-electron chi connectivity index (χ0n) is 15.3. The number of nitrogens with zero attached hydrogens (tertiary/aromatic N) is 5. The van der Waals surface area contributed by atoms with Crippen molar-refractivity contribution in [2.24, 2.45) is 0 Å². The summed E-state index contributed by atoms with van der Waals surface area (Å²) >= 11 is 5.90. The van der Waals surface area contributed by atoms with E-state index in [1.54, 1.807) is 36.7 Å². The summed E-state index contributed by atoms with van der Waals surface area (Å²) in [4.78, 5) is 18.0. The number of carbonyl (C=O) groups is 1. The van der Waals surface area contributed by atoms with Crippen LogP contribution >= 0.6 is 11.6 Å². The molecule has 7 nitrogen and oxygen atoms in total. The summed E-state index contributed by atoms with van der Waals surface area (Å²) in [6.45, 7) is -0.0466. The molecule has 2 aromatic carbocycles. The SMILES string of the molecule is O=C(Cn1nnc(-c2ccc(Cl)cc2)n1)NC(c1ccccc1)c1ccncc1. The number of benzene rings is 2. The minimum atomic E-state index is -0.300. The van der Waals surface area contributed by atoms with Crippen LogP contribution in [-0.2, 0) is 11.3 Å². The summed E-state index contributed by atoms with van der Waals surface area (Å²) in [6.07, 6.45) is 3.41. The molecule has 2 heterocycles. The summed E-state index contributed by atoms with van der Waals surface area (Å²) in [5.74, 6) is 0.207. The Morgan fingerprint density at radius 3 is 2.38 bits per heavy atom. The molecule has 4 rings (SSSR count). The van der Waals surface area contributed by atoms with Gasteiger partial charge in [-0.05, 0) is 52.7 Å². The summed E-state index contributed by atoms with van der Waals surface area (Å²) in [5.41, 5.74) is 2.69. The fraction of sp³-hybridized carbons (Fsp3) is 0.0952. The van der Waals surface area contributed by atoms with Crippen LogP contribution in [0.4, 0.5) is 0 Å². The average molecular weight is 405 g/mol. The minimum absolute atomic E-state index is 0.0466. The predicted molar refractivity (Wildman–Crippen MR) is 109 cm³/mol. The maximum absolute atomic E-state index is 12.7. The van der Waals surface area contributed by atoms with E-state index in [4.69, 9.17) is 11.6 Å². The van der Waals surface area contributed by atoms with Gasteiger partial charge in [0.05, 0.1) is 6.04 Å². The maximum atomic E-state index is 12.7. The molecule has 8 heteroatoms. The first-order chi connectivity index (χ1) is 14.2. The van der Waals surface area contributed by atoms with E-state index in [0.717, 1.165) is 16.7 Å². The Morgan fingerprint density at radius 2 is 1.66 bits per heavy atom. The normalized spacial score (nSPS) is 11.8. The predicted octanol–water partition coefficient (Wildman–Crippen LogP) is 3.29. The number of pyridine rings is 1. The van der Waals surface area contributed by atoms with E-state index in [9.17, 15) is 4.79 Å². The number of hydrogen-bond acceptors (Lipinski definition) is 5. The lowest BCUT2D eigenvalue weighted by Gasteiger charge is -2.19. The van der Waals surface area contributed by atoms with Crippen LogP contribution in [0.15, 0.2) is 79.1 Å². The van der Waals surface area contributed by atoms with Crippen molar-refractivity contribution in [3.8, 4) is 11.4 Å². The zero-order valence-corrected chi connectivity index (χ0v) is 16.1. The Labute approximate surface area is 172 Å². The number of carbonyl (C=O) groups excluding carboxylic acids is 1. The fourth-order valence-corrected chi connectivity index (χ4v) is 3.05. The second kappa shape index (κ2) is 8.62. The topological polar surface area (TPSA) is 85.6 Å². The molecule has 0 saturated heterocycles. The highest BCUT2D eigenvalue weighted by molar-refractivity contribution is 6.30. The van der Waals surface area contributed by atoms with Crippen LogP contribution < -0.4 is 5.32 Å². The van der Waals surface area contributed by atoms with Gasteiger partial charge < -0.3 is 5.32 Å². The molecule has 0 saturated carbocycles. The first-order valence-electron chi connectivity index (χ1n) is 8.97. The number of rotatable bonds is 6. The van der Waals surface area contributed by atoms with Gasteiger partial charge in [0.2, 0.25) is 11.7 Å². The molecule has 0 radical (unpaired) electrons.